The van der Waals surface area contributed by atoms with Crippen LogP contribution in [0.4, 0.5) is 14.9 Å². The van der Waals surface area contributed by atoms with Gasteiger partial charge in [0, 0.05) is 6.20 Å². The third kappa shape index (κ3) is 2.32. The number of hydrogen-bond acceptors (Lipinski definition) is 4. The monoisotopic (exact) mass is 250 g/mol. The van der Waals surface area contributed by atoms with Crippen molar-refractivity contribution in [3.63, 3.8) is 0 Å². The number of anilines is 1. The van der Waals surface area contributed by atoms with Gasteiger partial charge < -0.3 is 5.32 Å². The highest BCUT2D eigenvalue weighted by Gasteiger charge is 2.10. The number of pyridine rings is 1. The fourth-order valence-corrected chi connectivity index (χ4v) is 1.22. The van der Waals surface area contributed by atoms with Gasteiger partial charge in [0.1, 0.15) is 0 Å². The summed E-state index contributed by atoms with van der Waals surface area (Å²) >= 11 is 0. The number of carbonyl (C=O) groups excluding carboxylic acids is 1. The largest absolute Gasteiger partial charge is 0.336 e. The van der Waals surface area contributed by atoms with Gasteiger partial charge in [-0.3, -0.25) is 14.8 Å². The van der Waals surface area contributed by atoms with Gasteiger partial charge in [-0.1, -0.05) is 0 Å². The topological polar surface area (TPSA) is 96.8 Å². The molecular weight excluding hydrogens is 243 g/mol. The Hall–Kier alpha value is -2.77. The van der Waals surface area contributed by atoms with Crippen molar-refractivity contribution in [2.75, 3.05) is 5.32 Å². The molecule has 0 bridgehead atoms. The third-order valence-corrected chi connectivity index (χ3v) is 2.03. The number of amides is 1. The molecule has 0 saturated carbocycles. The van der Waals surface area contributed by atoms with Crippen LogP contribution in [0.2, 0.25) is 0 Å². The molecule has 1 amide bonds. The number of aromatic nitrogens is 3. The lowest BCUT2D eigenvalue weighted by Crippen LogP contribution is -2.37. The number of rotatable bonds is 1. The minimum atomic E-state index is -1.23. The summed E-state index contributed by atoms with van der Waals surface area (Å²) in [6.07, 6.45) is 3.37. The lowest BCUT2D eigenvalue weighted by Gasteiger charge is -2.05. The molecule has 92 valence electrons. The van der Waals surface area contributed by atoms with Crippen LogP contribution in [-0.2, 0) is 0 Å². The number of H-pyrrole nitrogens is 1. The third-order valence-electron chi connectivity index (χ3n) is 2.03. The lowest BCUT2D eigenvalue weighted by molar-refractivity contribution is 0.252. The Morgan fingerprint density at radius 1 is 1.44 bits per heavy atom. The Balaban J connectivity index is 2.33. The second kappa shape index (κ2) is 4.62. The first kappa shape index (κ1) is 11.7. The maximum atomic E-state index is 13.0. The van der Waals surface area contributed by atoms with E-state index in [-0.39, 0.29) is 0 Å². The van der Waals surface area contributed by atoms with Crippen LogP contribution >= 0.6 is 0 Å². The van der Waals surface area contributed by atoms with Crippen molar-refractivity contribution in [3.05, 3.63) is 57.4 Å². The van der Waals surface area contributed by atoms with E-state index >= 15 is 0 Å². The molecule has 0 aromatic carbocycles. The maximum absolute atomic E-state index is 13.0. The van der Waals surface area contributed by atoms with Crippen LogP contribution in [0.5, 0.6) is 0 Å². The van der Waals surface area contributed by atoms with Gasteiger partial charge in [-0.05, 0) is 12.1 Å². The molecule has 8 heteroatoms. The molecule has 2 aromatic rings. The first-order chi connectivity index (χ1) is 8.58. The summed E-state index contributed by atoms with van der Waals surface area (Å²) in [6.45, 7) is 0. The quantitative estimate of drug-likeness (QED) is 0.752. The van der Waals surface area contributed by atoms with Crippen molar-refractivity contribution < 1.29 is 9.18 Å². The zero-order valence-electron chi connectivity index (χ0n) is 8.88. The smallest absolute Gasteiger partial charge is 0.306 e. The standard InChI is InChI=1S/C10H7FN4O3/c11-7-5-15(10(18)14-8(7)16)9(17)13-6-2-1-3-12-4-6/h1-5H,(H,13,17)(H,14,16,18). The summed E-state index contributed by atoms with van der Waals surface area (Å²) in [5.74, 6) is -1.23. The Bertz CT molecular complexity index is 692. The molecular formula is C10H7FN4O3. The summed E-state index contributed by atoms with van der Waals surface area (Å²) in [5, 5.41) is 2.32. The van der Waals surface area contributed by atoms with Gasteiger partial charge in [-0.15, -0.1) is 0 Å². The second-order valence-corrected chi connectivity index (χ2v) is 3.28. The molecule has 2 aromatic heterocycles. The lowest BCUT2D eigenvalue weighted by atomic mass is 10.4. The van der Waals surface area contributed by atoms with E-state index in [2.05, 4.69) is 10.3 Å². The molecule has 2 rings (SSSR count). The van der Waals surface area contributed by atoms with Crippen molar-refractivity contribution in [1.82, 2.24) is 14.5 Å². The molecule has 2 heterocycles. The average molecular weight is 250 g/mol. The minimum Gasteiger partial charge on any atom is -0.306 e. The summed E-state index contributed by atoms with van der Waals surface area (Å²) < 4.78 is 13.4. The van der Waals surface area contributed by atoms with Crippen LogP contribution in [0, 0.1) is 5.82 Å². The molecule has 0 aliphatic carbocycles. The van der Waals surface area contributed by atoms with Gasteiger partial charge in [-0.25, -0.2) is 14.2 Å². The SMILES string of the molecule is O=C(Nc1cccnc1)n1cc(F)c(=O)[nH]c1=O. The van der Waals surface area contributed by atoms with Crippen LogP contribution in [0.25, 0.3) is 0 Å². The summed E-state index contributed by atoms with van der Waals surface area (Å²) in [4.78, 5) is 39.1. The normalized spacial score (nSPS) is 10.1. The highest BCUT2D eigenvalue weighted by Crippen LogP contribution is 2.02. The van der Waals surface area contributed by atoms with Crippen molar-refractivity contribution in [3.8, 4) is 0 Å². The van der Waals surface area contributed by atoms with E-state index in [9.17, 15) is 18.8 Å². The highest BCUT2D eigenvalue weighted by atomic mass is 19.1. The first-order valence-corrected chi connectivity index (χ1v) is 4.81. The summed E-state index contributed by atoms with van der Waals surface area (Å²) in [6, 6.07) is 2.22. The Morgan fingerprint density at radius 2 is 2.22 bits per heavy atom. The molecule has 2 N–H and O–H groups in total. The zero-order valence-corrected chi connectivity index (χ0v) is 8.88. The molecule has 0 aliphatic rings. The van der Waals surface area contributed by atoms with Gasteiger partial charge in [-0.2, -0.15) is 4.39 Å². The predicted octanol–water partition coefficient (Wildman–Crippen LogP) is 0.151. The van der Waals surface area contributed by atoms with E-state index in [0.717, 1.165) is 0 Å². The van der Waals surface area contributed by atoms with Crippen LogP contribution in [-0.4, -0.2) is 20.6 Å². The van der Waals surface area contributed by atoms with Crippen LogP contribution < -0.4 is 16.6 Å². The van der Waals surface area contributed by atoms with Gasteiger partial charge >= 0.3 is 11.7 Å². The maximum Gasteiger partial charge on any atom is 0.336 e. The zero-order chi connectivity index (χ0) is 13.1. The van der Waals surface area contributed by atoms with Gasteiger partial charge in [0.2, 0.25) is 5.82 Å². The van der Waals surface area contributed by atoms with E-state index < -0.39 is 23.1 Å². The Kier molecular flexibility index (Phi) is 3.00. The molecule has 7 nitrogen and oxygen atoms in total. The molecule has 0 saturated heterocycles. The van der Waals surface area contributed by atoms with Gasteiger partial charge in [0.15, 0.2) is 0 Å². The number of nitrogens with one attached hydrogen (secondary N) is 2. The summed E-state index contributed by atoms with van der Waals surface area (Å²) in [7, 11) is 0. The molecule has 0 radical (unpaired) electrons. The molecule has 0 unspecified atom stereocenters. The number of aromatic amines is 1. The highest BCUT2D eigenvalue weighted by molar-refractivity contribution is 5.90. The summed E-state index contributed by atoms with van der Waals surface area (Å²) in [5.41, 5.74) is -1.87. The van der Waals surface area contributed by atoms with Gasteiger partial charge in [0.25, 0.3) is 5.56 Å². The van der Waals surface area contributed by atoms with E-state index in [4.69, 9.17) is 0 Å². The molecule has 0 atom stereocenters. The van der Waals surface area contributed by atoms with Crippen LogP contribution in [0.1, 0.15) is 0 Å². The number of halogens is 1. The molecule has 0 spiro atoms. The fraction of sp³-hybridized carbons (Fsp3) is 0. The van der Waals surface area contributed by atoms with Crippen LogP contribution in [0.3, 0.4) is 0 Å². The number of hydrogen-bond donors (Lipinski definition) is 2. The van der Waals surface area contributed by atoms with Crippen LogP contribution in [0.15, 0.2) is 40.3 Å². The first-order valence-electron chi connectivity index (χ1n) is 4.81. The number of carbonyl (C=O) groups is 1. The van der Waals surface area contributed by atoms with E-state index in [1.807, 2.05) is 0 Å². The molecule has 0 fully saturated rings. The molecule has 18 heavy (non-hydrogen) atoms. The van der Waals surface area contributed by atoms with Crippen molar-refractivity contribution in [1.29, 1.82) is 0 Å². The number of nitrogens with zero attached hydrogens (tertiary/aromatic N) is 2. The van der Waals surface area contributed by atoms with Crippen molar-refractivity contribution in [2.45, 2.75) is 0 Å². The van der Waals surface area contributed by atoms with E-state index in [1.165, 1.54) is 18.5 Å². The minimum absolute atomic E-state index is 0.334. The fourth-order valence-electron chi connectivity index (χ4n) is 1.22. The average Bonchev–Trinajstić information content (AvgIpc) is 2.35. The van der Waals surface area contributed by atoms with Gasteiger partial charge in [0.05, 0.1) is 18.1 Å². The Morgan fingerprint density at radius 3 is 2.89 bits per heavy atom. The van der Waals surface area contributed by atoms with E-state index in [1.54, 1.807) is 11.1 Å². The Labute approximate surface area is 98.9 Å². The second-order valence-electron chi connectivity index (χ2n) is 3.28. The molecule has 0 aliphatic heterocycles. The van der Waals surface area contributed by atoms with Crippen molar-refractivity contribution in [2.24, 2.45) is 0 Å². The van der Waals surface area contributed by atoms with Crippen molar-refractivity contribution >= 4 is 11.7 Å². The van der Waals surface area contributed by atoms with E-state index in [0.29, 0.717) is 16.5 Å². The predicted molar refractivity (Wildman–Crippen MR) is 59.9 cm³/mol.